The molecule has 0 aliphatic carbocycles. The Balaban J connectivity index is 2.45. The van der Waals surface area contributed by atoms with Crippen molar-refractivity contribution in [3.8, 4) is 0 Å². The second-order valence-corrected chi connectivity index (χ2v) is 3.77. The van der Waals surface area contributed by atoms with Crippen molar-refractivity contribution in [2.45, 2.75) is 39.3 Å². The van der Waals surface area contributed by atoms with Crippen molar-refractivity contribution in [3.63, 3.8) is 0 Å². The zero-order valence-electron chi connectivity index (χ0n) is 9.94. The number of hydrogen-bond donors (Lipinski definition) is 2. The van der Waals surface area contributed by atoms with E-state index in [0.29, 0.717) is 13.0 Å². The van der Waals surface area contributed by atoms with Gasteiger partial charge in [-0.05, 0) is 24.9 Å². The summed E-state index contributed by atoms with van der Waals surface area (Å²) in [5.74, 6) is -0.301. The number of likely N-dealkylation sites (N-methyl/N-ethyl adjacent to an activating group) is 1. The van der Waals surface area contributed by atoms with Gasteiger partial charge >= 0.3 is 0 Å². The number of nitrogens with two attached hydrogens (primary N) is 1. The van der Waals surface area contributed by atoms with Crippen molar-refractivity contribution in [1.82, 2.24) is 15.1 Å². The second-order valence-electron chi connectivity index (χ2n) is 3.77. The van der Waals surface area contributed by atoms with E-state index in [0.717, 1.165) is 13.0 Å². The Morgan fingerprint density at radius 3 is 2.88 bits per heavy atom. The summed E-state index contributed by atoms with van der Waals surface area (Å²) in [6.45, 7) is 5.50. The third-order valence-corrected chi connectivity index (χ3v) is 2.54. The molecule has 0 bridgehead atoms. The highest BCUT2D eigenvalue weighted by atomic mass is 16.1. The minimum Gasteiger partial charge on any atom is -0.368 e. The monoisotopic (exact) mass is 224 g/mol. The van der Waals surface area contributed by atoms with Gasteiger partial charge in [-0.1, -0.05) is 13.8 Å². The van der Waals surface area contributed by atoms with Crippen molar-refractivity contribution in [2.24, 2.45) is 5.73 Å². The highest BCUT2D eigenvalue weighted by Gasteiger charge is 2.13. The molecular formula is C11H20N4O. The van der Waals surface area contributed by atoms with E-state index in [2.05, 4.69) is 17.3 Å². The minimum absolute atomic E-state index is 0.265. The van der Waals surface area contributed by atoms with Crippen molar-refractivity contribution in [2.75, 3.05) is 6.54 Å². The third-order valence-electron chi connectivity index (χ3n) is 2.54. The molecule has 0 aliphatic rings. The zero-order valence-corrected chi connectivity index (χ0v) is 9.94. The van der Waals surface area contributed by atoms with Gasteiger partial charge in [-0.15, -0.1) is 0 Å². The molecule has 1 atom stereocenters. The summed E-state index contributed by atoms with van der Waals surface area (Å²) in [6.07, 6.45) is 5.51. The lowest BCUT2D eigenvalue weighted by Crippen LogP contribution is -2.41. The molecule has 1 rings (SSSR count). The quantitative estimate of drug-likeness (QED) is 0.699. The van der Waals surface area contributed by atoms with E-state index < -0.39 is 0 Å². The van der Waals surface area contributed by atoms with Crippen LogP contribution in [0.3, 0.4) is 0 Å². The summed E-state index contributed by atoms with van der Waals surface area (Å²) in [5.41, 5.74) is 6.49. The van der Waals surface area contributed by atoms with Crippen LogP contribution >= 0.6 is 0 Å². The standard InChI is InChI=1S/C11H20N4O/c1-3-9-7-14-15(8-9)6-5-10(11(12)16)13-4-2/h7-8,10,13H,3-6H2,1-2H3,(H2,12,16). The van der Waals surface area contributed by atoms with Gasteiger partial charge in [-0.2, -0.15) is 5.10 Å². The highest BCUT2D eigenvalue weighted by molar-refractivity contribution is 5.79. The van der Waals surface area contributed by atoms with E-state index in [9.17, 15) is 4.79 Å². The molecular weight excluding hydrogens is 204 g/mol. The molecule has 3 N–H and O–H groups in total. The number of hydrogen-bond acceptors (Lipinski definition) is 3. The number of rotatable bonds is 7. The Labute approximate surface area is 96.0 Å². The van der Waals surface area contributed by atoms with Crippen LogP contribution in [0.5, 0.6) is 0 Å². The zero-order chi connectivity index (χ0) is 12.0. The molecule has 0 aliphatic heterocycles. The van der Waals surface area contributed by atoms with E-state index in [4.69, 9.17) is 5.73 Å². The van der Waals surface area contributed by atoms with Crippen molar-refractivity contribution in [1.29, 1.82) is 0 Å². The first kappa shape index (κ1) is 12.7. The lowest BCUT2D eigenvalue weighted by Gasteiger charge is -2.13. The molecule has 1 heterocycles. The topological polar surface area (TPSA) is 72.9 Å². The van der Waals surface area contributed by atoms with Crippen LogP contribution in [0.15, 0.2) is 12.4 Å². The predicted molar refractivity (Wildman–Crippen MR) is 62.9 cm³/mol. The maximum atomic E-state index is 11.1. The first-order valence-electron chi connectivity index (χ1n) is 5.71. The fourth-order valence-corrected chi connectivity index (χ4v) is 1.56. The largest absolute Gasteiger partial charge is 0.368 e. The number of amides is 1. The van der Waals surface area contributed by atoms with Gasteiger partial charge in [0.15, 0.2) is 0 Å². The van der Waals surface area contributed by atoms with E-state index in [1.807, 2.05) is 24.0 Å². The van der Waals surface area contributed by atoms with Gasteiger partial charge in [-0.25, -0.2) is 0 Å². The molecule has 5 heteroatoms. The first-order chi connectivity index (χ1) is 7.67. The number of nitrogens with one attached hydrogen (secondary N) is 1. The lowest BCUT2D eigenvalue weighted by molar-refractivity contribution is -0.120. The Kier molecular flexibility index (Phi) is 4.98. The molecule has 1 aromatic rings. The Morgan fingerprint density at radius 2 is 2.38 bits per heavy atom. The van der Waals surface area contributed by atoms with Gasteiger partial charge in [-0.3, -0.25) is 9.48 Å². The molecule has 0 saturated heterocycles. The Bertz CT molecular complexity index is 334. The van der Waals surface area contributed by atoms with E-state index in [-0.39, 0.29) is 11.9 Å². The summed E-state index contributed by atoms with van der Waals surface area (Å²) in [4.78, 5) is 11.1. The molecule has 1 amide bonds. The molecule has 0 spiro atoms. The summed E-state index contributed by atoms with van der Waals surface area (Å²) in [5, 5.41) is 7.27. The fraction of sp³-hybridized carbons (Fsp3) is 0.636. The van der Waals surface area contributed by atoms with Crippen molar-refractivity contribution < 1.29 is 4.79 Å². The SMILES string of the molecule is CCNC(CCn1cc(CC)cn1)C(N)=O. The molecule has 0 aromatic carbocycles. The van der Waals surface area contributed by atoms with Gasteiger partial charge in [0.2, 0.25) is 5.91 Å². The minimum atomic E-state index is -0.301. The number of nitrogens with zero attached hydrogens (tertiary/aromatic N) is 2. The molecule has 0 saturated carbocycles. The average Bonchev–Trinajstić information content (AvgIpc) is 2.71. The van der Waals surface area contributed by atoms with Crippen LogP contribution < -0.4 is 11.1 Å². The van der Waals surface area contributed by atoms with E-state index in [1.165, 1.54) is 5.56 Å². The fourth-order valence-electron chi connectivity index (χ4n) is 1.56. The number of aromatic nitrogens is 2. The summed E-state index contributed by atoms with van der Waals surface area (Å²) >= 11 is 0. The number of carbonyl (C=O) groups is 1. The van der Waals surface area contributed by atoms with Gasteiger partial charge < -0.3 is 11.1 Å². The van der Waals surface area contributed by atoms with Crippen LogP contribution in [0.2, 0.25) is 0 Å². The van der Waals surface area contributed by atoms with Crippen LogP contribution in [0.25, 0.3) is 0 Å². The smallest absolute Gasteiger partial charge is 0.234 e. The molecule has 0 fully saturated rings. The van der Waals surface area contributed by atoms with Gasteiger partial charge in [0, 0.05) is 12.7 Å². The maximum Gasteiger partial charge on any atom is 0.234 e. The molecule has 1 unspecified atom stereocenters. The molecule has 90 valence electrons. The predicted octanol–water partition coefficient (Wildman–Crippen LogP) is 0.299. The second kappa shape index (κ2) is 6.27. The lowest BCUT2D eigenvalue weighted by atomic mass is 10.2. The molecule has 1 aromatic heterocycles. The average molecular weight is 224 g/mol. The van der Waals surface area contributed by atoms with Gasteiger partial charge in [0.05, 0.1) is 12.2 Å². The van der Waals surface area contributed by atoms with Crippen LogP contribution in [-0.2, 0) is 17.8 Å². The first-order valence-corrected chi connectivity index (χ1v) is 5.71. The van der Waals surface area contributed by atoms with Crippen LogP contribution in [0.1, 0.15) is 25.8 Å². The normalized spacial score (nSPS) is 12.6. The van der Waals surface area contributed by atoms with Crippen molar-refractivity contribution >= 4 is 5.91 Å². The number of carbonyl (C=O) groups excluding carboxylic acids is 1. The highest BCUT2D eigenvalue weighted by Crippen LogP contribution is 2.01. The molecule has 5 nitrogen and oxygen atoms in total. The number of primary amides is 1. The van der Waals surface area contributed by atoms with Crippen LogP contribution in [0, 0.1) is 0 Å². The van der Waals surface area contributed by atoms with Crippen LogP contribution in [0.4, 0.5) is 0 Å². The summed E-state index contributed by atoms with van der Waals surface area (Å²) in [6, 6.07) is -0.265. The Morgan fingerprint density at radius 1 is 1.62 bits per heavy atom. The Hall–Kier alpha value is -1.36. The van der Waals surface area contributed by atoms with E-state index >= 15 is 0 Å². The van der Waals surface area contributed by atoms with E-state index in [1.54, 1.807) is 0 Å². The third kappa shape index (κ3) is 3.66. The molecule has 16 heavy (non-hydrogen) atoms. The van der Waals surface area contributed by atoms with Crippen LogP contribution in [-0.4, -0.2) is 28.3 Å². The van der Waals surface area contributed by atoms with Gasteiger partial charge in [0.1, 0.15) is 0 Å². The molecule has 0 radical (unpaired) electrons. The van der Waals surface area contributed by atoms with Gasteiger partial charge in [0.25, 0.3) is 0 Å². The summed E-state index contributed by atoms with van der Waals surface area (Å²) < 4.78 is 1.85. The van der Waals surface area contributed by atoms with Crippen molar-refractivity contribution in [3.05, 3.63) is 18.0 Å². The number of aryl methyl sites for hydroxylation is 2. The summed E-state index contributed by atoms with van der Waals surface area (Å²) in [7, 11) is 0. The maximum absolute atomic E-state index is 11.1.